The molecule has 3 rings (SSSR count). The second-order valence-electron chi connectivity index (χ2n) is 4.29. The van der Waals surface area contributed by atoms with Gasteiger partial charge in [-0.05, 0) is 39.8 Å². The molecule has 0 saturated heterocycles. The average Bonchev–Trinajstić information content (AvgIpc) is 3.01. The number of hydrogen-bond donors (Lipinski definition) is 1. The molecule has 1 radical (unpaired) electrons. The monoisotopic (exact) mass is 289 g/mol. The SMILES string of the molecule is FC(F)(F)c1cccc(-c2ccc[c]c2-c2nnn[nH]2)c1. The predicted molar refractivity (Wildman–Crippen MR) is 68.9 cm³/mol. The number of hydrogen-bond acceptors (Lipinski definition) is 3. The van der Waals surface area contributed by atoms with Gasteiger partial charge in [-0.25, -0.2) is 5.10 Å². The van der Waals surface area contributed by atoms with E-state index in [4.69, 9.17) is 0 Å². The Hall–Kier alpha value is -2.70. The number of nitrogens with zero attached hydrogens (tertiary/aromatic N) is 3. The van der Waals surface area contributed by atoms with Crippen LogP contribution in [0.15, 0.2) is 42.5 Å². The highest BCUT2D eigenvalue weighted by Crippen LogP contribution is 2.34. The second-order valence-corrected chi connectivity index (χ2v) is 4.29. The normalized spacial score (nSPS) is 11.6. The van der Waals surface area contributed by atoms with Gasteiger partial charge >= 0.3 is 6.18 Å². The maximum atomic E-state index is 12.8. The van der Waals surface area contributed by atoms with Crippen LogP contribution in [0.4, 0.5) is 13.2 Å². The van der Waals surface area contributed by atoms with Gasteiger partial charge in [0.05, 0.1) is 5.56 Å². The Morgan fingerprint density at radius 2 is 1.95 bits per heavy atom. The molecule has 3 aromatic rings. The summed E-state index contributed by atoms with van der Waals surface area (Å²) >= 11 is 0. The molecular weight excluding hydrogens is 281 g/mol. The van der Waals surface area contributed by atoms with Gasteiger partial charge in [-0.3, -0.25) is 0 Å². The van der Waals surface area contributed by atoms with Crippen LogP contribution in [0.3, 0.4) is 0 Å². The van der Waals surface area contributed by atoms with Crippen LogP contribution in [-0.2, 0) is 6.18 Å². The van der Waals surface area contributed by atoms with Crippen LogP contribution in [0.5, 0.6) is 0 Å². The lowest BCUT2D eigenvalue weighted by atomic mass is 9.97. The van der Waals surface area contributed by atoms with E-state index in [0.29, 0.717) is 22.5 Å². The van der Waals surface area contributed by atoms with E-state index in [9.17, 15) is 13.2 Å². The van der Waals surface area contributed by atoms with E-state index in [2.05, 4.69) is 26.7 Å². The number of H-pyrrole nitrogens is 1. The molecule has 0 aliphatic rings. The van der Waals surface area contributed by atoms with E-state index in [1.807, 2.05) is 0 Å². The molecule has 0 amide bonds. The highest BCUT2D eigenvalue weighted by atomic mass is 19.4. The summed E-state index contributed by atoms with van der Waals surface area (Å²) in [6, 6.07) is 13.1. The number of halogens is 3. The molecule has 21 heavy (non-hydrogen) atoms. The Bertz CT molecular complexity index is 751. The molecule has 0 saturated carbocycles. The summed E-state index contributed by atoms with van der Waals surface area (Å²) in [5.74, 6) is 0.350. The van der Waals surface area contributed by atoms with Gasteiger partial charge in [-0.15, -0.1) is 5.10 Å². The topological polar surface area (TPSA) is 54.5 Å². The van der Waals surface area contributed by atoms with E-state index in [0.717, 1.165) is 12.1 Å². The van der Waals surface area contributed by atoms with Crippen LogP contribution >= 0.6 is 0 Å². The lowest BCUT2D eigenvalue weighted by molar-refractivity contribution is -0.137. The third kappa shape index (κ3) is 2.62. The van der Waals surface area contributed by atoms with Crippen LogP contribution in [0.25, 0.3) is 22.5 Å². The average molecular weight is 289 g/mol. The minimum atomic E-state index is -4.39. The van der Waals surface area contributed by atoms with Gasteiger partial charge in [0.15, 0.2) is 5.82 Å². The maximum absolute atomic E-state index is 12.8. The van der Waals surface area contributed by atoms with Crippen molar-refractivity contribution in [3.05, 3.63) is 54.1 Å². The highest BCUT2D eigenvalue weighted by molar-refractivity contribution is 5.80. The molecule has 0 unspecified atom stereocenters. The Labute approximate surface area is 117 Å². The molecule has 4 nitrogen and oxygen atoms in total. The largest absolute Gasteiger partial charge is 0.416 e. The van der Waals surface area contributed by atoms with E-state index in [-0.39, 0.29) is 0 Å². The summed E-state index contributed by atoms with van der Waals surface area (Å²) in [6.07, 6.45) is -4.39. The summed E-state index contributed by atoms with van der Waals surface area (Å²) in [5, 5.41) is 13.3. The summed E-state index contributed by atoms with van der Waals surface area (Å²) in [4.78, 5) is 0. The molecule has 2 aromatic carbocycles. The van der Waals surface area contributed by atoms with Crippen LogP contribution in [0.2, 0.25) is 0 Å². The third-order valence-corrected chi connectivity index (χ3v) is 2.94. The molecular formula is C14H8F3N4. The van der Waals surface area contributed by atoms with Gasteiger partial charge in [-0.1, -0.05) is 30.3 Å². The van der Waals surface area contributed by atoms with Crippen molar-refractivity contribution in [2.45, 2.75) is 6.18 Å². The zero-order chi connectivity index (χ0) is 14.9. The molecule has 0 fully saturated rings. The van der Waals surface area contributed by atoms with Gasteiger partial charge in [0.25, 0.3) is 0 Å². The zero-order valence-corrected chi connectivity index (χ0v) is 10.5. The van der Waals surface area contributed by atoms with Crippen LogP contribution < -0.4 is 0 Å². The smallest absolute Gasteiger partial charge is 0.239 e. The standard InChI is InChI=1S/C14H8F3N4/c15-14(16,17)10-5-3-4-9(8-10)11-6-1-2-7-12(11)13-18-20-21-19-13/h1-6,8H,(H,18,19,20,21). The molecule has 1 aromatic heterocycles. The van der Waals surface area contributed by atoms with Crippen LogP contribution in [-0.4, -0.2) is 20.6 Å². The van der Waals surface area contributed by atoms with Crippen molar-refractivity contribution < 1.29 is 13.2 Å². The minimum absolute atomic E-state index is 0.350. The minimum Gasteiger partial charge on any atom is -0.239 e. The Morgan fingerprint density at radius 1 is 1.10 bits per heavy atom. The Morgan fingerprint density at radius 3 is 2.67 bits per heavy atom. The third-order valence-electron chi connectivity index (χ3n) is 2.94. The lowest BCUT2D eigenvalue weighted by Crippen LogP contribution is -2.04. The number of aromatic amines is 1. The first-order chi connectivity index (χ1) is 10.1. The van der Waals surface area contributed by atoms with E-state index < -0.39 is 11.7 Å². The molecule has 7 heteroatoms. The zero-order valence-electron chi connectivity index (χ0n) is 10.5. The first kappa shape index (κ1) is 13.3. The van der Waals surface area contributed by atoms with Gasteiger partial charge in [0.1, 0.15) is 0 Å². The fourth-order valence-corrected chi connectivity index (χ4v) is 2.00. The number of alkyl halides is 3. The van der Waals surface area contributed by atoms with Crippen molar-refractivity contribution in [2.75, 3.05) is 0 Å². The molecule has 0 spiro atoms. The fourth-order valence-electron chi connectivity index (χ4n) is 2.00. The van der Waals surface area contributed by atoms with E-state index in [1.54, 1.807) is 24.3 Å². The van der Waals surface area contributed by atoms with Gasteiger partial charge in [0.2, 0.25) is 0 Å². The van der Waals surface area contributed by atoms with Crippen molar-refractivity contribution in [2.24, 2.45) is 0 Å². The second kappa shape index (κ2) is 5.01. The highest BCUT2D eigenvalue weighted by Gasteiger charge is 2.30. The Kier molecular flexibility index (Phi) is 3.17. The van der Waals surface area contributed by atoms with Crippen LogP contribution in [0.1, 0.15) is 5.56 Å². The van der Waals surface area contributed by atoms with Crippen molar-refractivity contribution in [1.82, 2.24) is 20.6 Å². The summed E-state index contributed by atoms with van der Waals surface area (Å²) in [5.41, 5.74) is 0.808. The number of benzene rings is 2. The first-order valence-corrected chi connectivity index (χ1v) is 5.98. The van der Waals surface area contributed by atoms with E-state index in [1.165, 1.54) is 6.07 Å². The molecule has 1 N–H and O–H groups in total. The van der Waals surface area contributed by atoms with Gasteiger partial charge < -0.3 is 0 Å². The number of rotatable bonds is 2. The van der Waals surface area contributed by atoms with Crippen LogP contribution in [0, 0.1) is 6.07 Å². The lowest BCUT2D eigenvalue weighted by Gasteiger charge is -2.10. The molecule has 0 bridgehead atoms. The Balaban J connectivity index is 2.14. The molecule has 1 heterocycles. The fraction of sp³-hybridized carbons (Fsp3) is 0.0714. The summed E-state index contributed by atoms with van der Waals surface area (Å²) < 4.78 is 38.4. The molecule has 0 aliphatic carbocycles. The van der Waals surface area contributed by atoms with Gasteiger partial charge in [0, 0.05) is 5.56 Å². The van der Waals surface area contributed by atoms with Crippen molar-refractivity contribution in [3.63, 3.8) is 0 Å². The number of nitrogens with one attached hydrogen (secondary N) is 1. The molecule has 0 atom stereocenters. The molecule has 105 valence electrons. The summed E-state index contributed by atoms with van der Waals surface area (Å²) in [7, 11) is 0. The predicted octanol–water partition coefficient (Wildman–Crippen LogP) is 3.35. The maximum Gasteiger partial charge on any atom is 0.416 e. The van der Waals surface area contributed by atoms with Gasteiger partial charge in [-0.2, -0.15) is 13.2 Å². The number of tetrazole rings is 1. The van der Waals surface area contributed by atoms with Crippen molar-refractivity contribution in [1.29, 1.82) is 0 Å². The first-order valence-electron chi connectivity index (χ1n) is 5.98. The number of aromatic nitrogens is 4. The summed E-state index contributed by atoms with van der Waals surface area (Å²) in [6.45, 7) is 0. The van der Waals surface area contributed by atoms with Crippen molar-refractivity contribution in [3.8, 4) is 22.5 Å². The quantitative estimate of drug-likeness (QED) is 0.787. The van der Waals surface area contributed by atoms with Crippen molar-refractivity contribution >= 4 is 0 Å². The van der Waals surface area contributed by atoms with E-state index >= 15 is 0 Å². The molecule has 0 aliphatic heterocycles.